The van der Waals surface area contributed by atoms with Crippen LogP contribution in [0, 0.1) is 0 Å². The lowest BCUT2D eigenvalue weighted by Gasteiger charge is -1.99. The molecule has 0 amide bonds. The third-order valence-corrected chi connectivity index (χ3v) is 3.82. The first-order valence-electron chi connectivity index (χ1n) is 6.25. The molecule has 0 bridgehead atoms. The minimum Gasteiger partial charge on any atom is -0.454 e. The van der Waals surface area contributed by atoms with Gasteiger partial charge in [-0.25, -0.2) is 4.98 Å². The third-order valence-electron chi connectivity index (χ3n) is 3.34. The first-order valence-corrected chi connectivity index (χ1v) is 7.00. The van der Waals surface area contributed by atoms with Gasteiger partial charge in [0, 0.05) is 11.6 Å². The van der Waals surface area contributed by atoms with E-state index in [-0.39, 0.29) is 0 Å². The predicted octanol–water partition coefficient (Wildman–Crippen LogP) is 4.64. The molecule has 0 saturated heterocycles. The van der Waals surface area contributed by atoms with E-state index in [1.54, 1.807) is 16.7 Å². The smallest absolute Gasteiger partial charge is 0.158 e. The van der Waals surface area contributed by atoms with Crippen LogP contribution in [0.5, 0.6) is 0 Å². The number of nitrogens with two attached hydrogens (primary N) is 1. The summed E-state index contributed by atoms with van der Waals surface area (Å²) >= 11 is 12.2. The Labute approximate surface area is 129 Å². The molecule has 0 saturated carbocycles. The number of halogens is 2. The number of fused-ring (bicyclic) bond motifs is 2. The van der Waals surface area contributed by atoms with Crippen molar-refractivity contribution in [2.24, 2.45) is 0 Å². The number of nitrogen functional groups attached to an aromatic ring is 1. The maximum Gasteiger partial charge on any atom is 0.158 e. The van der Waals surface area contributed by atoms with Crippen LogP contribution in [0.3, 0.4) is 0 Å². The lowest BCUT2D eigenvalue weighted by atomic mass is 10.2. The fourth-order valence-electron chi connectivity index (χ4n) is 2.37. The van der Waals surface area contributed by atoms with E-state index in [9.17, 15) is 0 Å². The van der Waals surface area contributed by atoms with Crippen molar-refractivity contribution in [3.63, 3.8) is 0 Å². The standard InChI is InChI=1S/C15H9Cl2N3O/c16-9-6-10(17)15-19-13(14(18)20(15)7-9)12-5-8-3-1-2-4-11(8)21-12/h1-7H,18H2. The van der Waals surface area contributed by atoms with Crippen molar-refractivity contribution in [2.45, 2.75) is 0 Å². The number of imidazole rings is 1. The molecule has 4 rings (SSSR count). The van der Waals surface area contributed by atoms with Crippen molar-refractivity contribution >= 4 is 45.6 Å². The fourth-order valence-corrected chi connectivity index (χ4v) is 2.88. The van der Waals surface area contributed by atoms with Crippen LogP contribution >= 0.6 is 23.2 Å². The lowest BCUT2D eigenvalue weighted by molar-refractivity contribution is 0.629. The zero-order chi connectivity index (χ0) is 14.6. The van der Waals surface area contributed by atoms with E-state index in [0.29, 0.717) is 33.0 Å². The number of para-hydroxylation sites is 1. The highest BCUT2D eigenvalue weighted by atomic mass is 35.5. The first-order chi connectivity index (χ1) is 10.1. The maximum atomic E-state index is 6.16. The SMILES string of the molecule is Nc1c(-c2cc3ccccc3o2)nc2c(Cl)cc(Cl)cn12. The summed E-state index contributed by atoms with van der Waals surface area (Å²) in [6.07, 6.45) is 1.68. The molecule has 0 atom stereocenters. The molecular weight excluding hydrogens is 309 g/mol. The van der Waals surface area contributed by atoms with Gasteiger partial charge in [-0.15, -0.1) is 0 Å². The van der Waals surface area contributed by atoms with E-state index in [2.05, 4.69) is 4.98 Å². The van der Waals surface area contributed by atoms with Gasteiger partial charge in [-0.3, -0.25) is 4.40 Å². The number of furan rings is 1. The fraction of sp³-hybridized carbons (Fsp3) is 0. The molecule has 0 fully saturated rings. The number of benzene rings is 1. The molecule has 1 aromatic carbocycles. The van der Waals surface area contributed by atoms with Gasteiger partial charge >= 0.3 is 0 Å². The molecule has 0 radical (unpaired) electrons. The summed E-state index contributed by atoms with van der Waals surface area (Å²) < 4.78 is 7.46. The van der Waals surface area contributed by atoms with Crippen molar-refractivity contribution in [1.29, 1.82) is 0 Å². The average molecular weight is 318 g/mol. The quantitative estimate of drug-likeness (QED) is 0.556. The molecule has 6 heteroatoms. The molecule has 0 aliphatic carbocycles. The Morgan fingerprint density at radius 3 is 2.76 bits per heavy atom. The van der Waals surface area contributed by atoms with Gasteiger partial charge in [0.2, 0.25) is 0 Å². The third kappa shape index (κ3) is 1.87. The number of pyridine rings is 1. The van der Waals surface area contributed by atoms with E-state index in [1.165, 1.54) is 0 Å². The molecule has 3 heterocycles. The van der Waals surface area contributed by atoms with Gasteiger partial charge < -0.3 is 10.2 Å². The molecule has 0 aliphatic heterocycles. The summed E-state index contributed by atoms with van der Waals surface area (Å²) in [5, 5.41) is 1.93. The largest absolute Gasteiger partial charge is 0.454 e. The second kappa shape index (κ2) is 4.41. The van der Waals surface area contributed by atoms with Gasteiger partial charge in [0.05, 0.1) is 10.0 Å². The number of hydrogen-bond acceptors (Lipinski definition) is 3. The second-order valence-corrected chi connectivity index (χ2v) is 5.54. The molecule has 0 spiro atoms. The molecule has 3 aromatic heterocycles. The Balaban J connectivity index is 2.01. The van der Waals surface area contributed by atoms with Crippen molar-refractivity contribution in [1.82, 2.24) is 9.38 Å². The summed E-state index contributed by atoms with van der Waals surface area (Å²) in [6, 6.07) is 11.3. The van der Waals surface area contributed by atoms with Crippen LogP contribution in [-0.2, 0) is 0 Å². The van der Waals surface area contributed by atoms with Crippen molar-refractivity contribution in [2.75, 3.05) is 5.73 Å². The summed E-state index contributed by atoms with van der Waals surface area (Å²) in [7, 11) is 0. The maximum absolute atomic E-state index is 6.16. The summed E-state index contributed by atoms with van der Waals surface area (Å²) in [6.45, 7) is 0. The first kappa shape index (κ1) is 12.6. The van der Waals surface area contributed by atoms with Crippen LogP contribution < -0.4 is 5.73 Å². The highest BCUT2D eigenvalue weighted by molar-refractivity contribution is 6.36. The molecule has 21 heavy (non-hydrogen) atoms. The van der Waals surface area contributed by atoms with E-state index in [0.717, 1.165) is 11.0 Å². The van der Waals surface area contributed by atoms with Gasteiger partial charge in [-0.05, 0) is 18.2 Å². The van der Waals surface area contributed by atoms with Crippen molar-refractivity contribution in [3.8, 4) is 11.5 Å². The van der Waals surface area contributed by atoms with Gasteiger partial charge in [0.25, 0.3) is 0 Å². The molecule has 0 unspecified atom stereocenters. The number of hydrogen-bond donors (Lipinski definition) is 1. The molecule has 4 aromatic rings. The topological polar surface area (TPSA) is 56.5 Å². The van der Waals surface area contributed by atoms with E-state index >= 15 is 0 Å². The van der Waals surface area contributed by atoms with Gasteiger partial charge in [-0.2, -0.15) is 0 Å². The average Bonchev–Trinajstić information content (AvgIpc) is 3.01. The number of anilines is 1. The molecular formula is C15H9Cl2N3O. The Kier molecular flexibility index (Phi) is 2.64. The monoisotopic (exact) mass is 317 g/mol. The van der Waals surface area contributed by atoms with Crippen LogP contribution in [0.15, 0.2) is 47.0 Å². The molecule has 0 aliphatic rings. The van der Waals surface area contributed by atoms with Crippen LogP contribution in [0.1, 0.15) is 0 Å². The number of rotatable bonds is 1. The van der Waals surface area contributed by atoms with Crippen LogP contribution in [0.2, 0.25) is 10.0 Å². The highest BCUT2D eigenvalue weighted by Gasteiger charge is 2.17. The minimum absolute atomic E-state index is 0.438. The lowest BCUT2D eigenvalue weighted by Crippen LogP contribution is -1.93. The zero-order valence-electron chi connectivity index (χ0n) is 10.7. The van der Waals surface area contributed by atoms with Crippen LogP contribution in [-0.4, -0.2) is 9.38 Å². The summed E-state index contributed by atoms with van der Waals surface area (Å²) in [5.74, 6) is 1.04. The van der Waals surface area contributed by atoms with Gasteiger partial charge in [-0.1, -0.05) is 41.4 Å². The van der Waals surface area contributed by atoms with E-state index in [1.807, 2.05) is 30.3 Å². The summed E-state index contributed by atoms with van der Waals surface area (Å²) in [5.41, 5.74) is 8.04. The molecule has 4 nitrogen and oxygen atoms in total. The second-order valence-electron chi connectivity index (χ2n) is 4.69. The Morgan fingerprint density at radius 2 is 1.95 bits per heavy atom. The zero-order valence-corrected chi connectivity index (χ0v) is 12.2. The molecule has 2 N–H and O–H groups in total. The molecule has 104 valence electrons. The van der Waals surface area contributed by atoms with Crippen LogP contribution in [0.25, 0.3) is 28.1 Å². The van der Waals surface area contributed by atoms with E-state index in [4.69, 9.17) is 33.4 Å². The Morgan fingerprint density at radius 1 is 1.14 bits per heavy atom. The minimum atomic E-state index is 0.438. The van der Waals surface area contributed by atoms with Crippen LogP contribution in [0.4, 0.5) is 5.82 Å². The van der Waals surface area contributed by atoms with Crippen molar-refractivity contribution < 1.29 is 4.42 Å². The Hall–Kier alpha value is -2.17. The van der Waals surface area contributed by atoms with Crippen molar-refractivity contribution in [3.05, 3.63) is 52.6 Å². The van der Waals surface area contributed by atoms with Gasteiger partial charge in [0.1, 0.15) is 17.1 Å². The number of aromatic nitrogens is 2. The Bertz CT molecular complexity index is 954. The van der Waals surface area contributed by atoms with E-state index < -0.39 is 0 Å². The van der Waals surface area contributed by atoms with Gasteiger partial charge in [0.15, 0.2) is 11.4 Å². The summed E-state index contributed by atoms with van der Waals surface area (Å²) in [4.78, 5) is 4.47. The predicted molar refractivity (Wildman–Crippen MR) is 84.8 cm³/mol. The normalized spacial score (nSPS) is 11.5. The number of nitrogens with zero attached hydrogens (tertiary/aromatic N) is 2. The highest BCUT2D eigenvalue weighted by Crippen LogP contribution is 2.34.